The number of carbonyl (C=O) groups is 2. The van der Waals surface area contributed by atoms with E-state index in [-0.39, 0.29) is 24.2 Å². The molecule has 1 aromatic rings. The Morgan fingerprint density at radius 1 is 0.963 bits per heavy atom. The summed E-state index contributed by atoms with van der Waals surface area (Å²) in [5, 5.41) is 10.4. The fraction of sp³-hybridized carbons (Fsp3) is 0.579. The minimum absolute atomic E-state index is 0. The van der Waals surface area contributed by atoms with Gasteiger partial charge in [0.15, 0.2) is 0 Å². The third-order valence-electron chi connectivity index (χ3n) is 4.95. The fourth-order valence-corrected chi connectivity index (χ4v) is 3.52. The maximum atomic E-state index is 12.3. The van der Waals surface area contributed by atoms with E-state index in [1.165, 1.54) is 0 Å². The van der Waals surface area contributed by atoms with Gasteiger partial charge in [0, 0.05) is 65.7 Å². The quantitative estimate of drug-likeness (QED) is 0.766. The van der Waals surface area contributed by atoms with E-state index in [1.54, 1.807) is 11.9 Å². The van der Waals surface area contributed by atoms with E-state index in [0.29, 0.717) is 6.42 Å². The van der Waals surface area contributed by atoms with Crippen molar-refractivity contribution in [3.63, 3.8) is 0 Å². The highest BCUT2D eigenvalue weighted by molar-refractivity contribution is 5.90. The van der Waals surface area contributed by atoms with Gasteiger partial charge in [-0.25, -0.2) is 10.0 Å². The molecule has 2 aliphatic heterocycles. The van der Waals surface area contributed by atoms with E-state index in [0.717, 1.165) is 70.0 Å². The van der Waals surface area contributed by atoms with Gasteiger partial charge in [-0.05, 0) is 24.1 Å². The Morgan fingerprint density at radius 3 is 2.07 bits per heavy atom. The predicted molar refractivity (Wildman–Crippen MR) is 109 cm³/mol. The molecular weight excluding hydrogens is 366 g/mol. The average Bonchev–Trinajstić information content (AvgIpc) is 2.68. The zero-order valence-electron chi connectivity index (χ0n) is 15.9. The van der Waals surface area contributed by atoms with Gasteiger partial charge in [-0.2, -0.15) is 0 Å². The average molecular weight is 396 g/mol. The summed E-state index contributed by atoms with van der Waals surface area (Å²) in [6.45, 7) is 8.38. The smallest absolute Gasteiger partial charge is 0.238 e. The lowest BCUT2D eigenvalue weighted by Crippen LogP contribution is -2.54. The number of benzene rings is 1. The Bertz CT molecular complexity index is 613. The Morgan fingerprint density at radius 2 is 1.52 bits per heavy atom. The monoisotopic (exact) mass is 395 g/mol. The summed E-state index contributed by atoms with van der Waals surface area (Å²) in [7, 11) is 0. The van der Waals surface area contributed by atoms with Crippen molar-refractivity contribution in [2.24, 2.45) is 0 Å². The number of hydrazine groups is 1. The van der Waals surface area contributed by atoms with Crippen molar-refractivity contribution in [2.75, 3.05) is 57.4 Å². The van der Waals surface area contributed by atoms with Crippen molar-refractivity contribution in [1.29, 1.82) is 0 Å². The van der Waals surface area contributed by atoms with Gasteiger partial charge in [-0.3, -0.25) is 9.59 Å². The van der Waals surface area contributed by atoms with Crippen molar-refractivity contribution in [2.45, 2.75) is 19.8 Å². The Hall–Kier alpha value is -1.67. The molecule has 0 spiro atoms. The molecule has 0 unspecified atom stereocenters. The number of hydrogen-bond donors (Lipinski definition) is 2. The van der Waals surface area contributed by atoms with Gasteiger partial charge >= 0.3 is 0 Å². The van der Waals surface area contributed by atoms with E-state index in [1.807, 2.05) is 29.2 Å². The van der Waals surface area contributed by atoms with Crippen molar-refractivity contribution in [1.82, 2.24) is 20.5 Å². The summed E-state index contributed by atoms with van der Waals surface area (Å²) in [4.78, 5) is 26.3. The molecule has 2 heterocycles. The zero-order valence-corrected chi connectivity index (χ0v) is 16.8. The zero-order chi connectivity index (χ0) is 18.4. The lowest BCUT2D eigenvalue weighted by molar-refractivity contribution is -0.131. The van der Waals surface area contributed by atoms with Gasteiger partial charge in [-0.15, -0.1) is 12.4 Å². The van der Waals surface area contributed by atoms with E-state index in [2.05, 4.69) is 15.6 Å². The first-order valence-electron chi connectivity index (χ1n) is 9.49. The summed E-state index contributed by atoms with van der Waals surface area (Å²) in [6.07, 6.45) is 1.27. The molecule has 8 heteroatoms. The predicted octanol–water partition coefficient (Wildman–Crippen LogP) is 0.646. The minimum Gasteiger partial charge on any atom is -0.340 e. The van der Waals surface area contributed by atoms with Crippen LogP contribution in [-0.2, 0) is 16.0 Å². The number of rotatable bonds is 5. The molecule has 2 N–H and O–H groups in total. The SMILES string of the molecule is CC(=O)N(c1ccc(CCC(=O)N2CCNCC2)cc1)N1CCNCC1.Cl. The van der Waals surface area contributed by atoms with Gasteiger partial charge in [0.05, 0.1) is 5.69 Å². The number of halogens is 1. The first-order valence-corrected chi connectivity index (χ1v) is 9.49. The molecule has 2 aliphatic rings. The van der Waals surface area contributed by atoms with Gasteiger partial charge < -0.3 is 15.5 Å². The van der Waals surface area contributed by atoms with E-state index in [4.69, 9.17) is 0 Å². The number of hydrogen-bond acceptors (Lipinski definition) is 5. The molecule has 0 atom stereocenters. The van der Waals surface area contributed by atoms with Crippen LogP contribution in [0.5, 0.6) is 0 Å². The van der Waals surface area contributed by atoms with Crippen LogP contribution in [0.15, 0.2) is 24.3 Å². The molecule has 2 fully saturated rings. The Labute approximate surface area is 167 Å². The Kier molecular flexibility index (Phi) is 8.50. The van der Waals surface area contributed by atoms with Crippen LogP contribution in [0.1, 0.15) is 18.9 Å². The lowest BCUT2D eigenvalue weighted by Gasteiger charge is -2.37. The first kappa shape index (κ1) is 21.6. The van der Waals surface area contributed by atoms with Gasteiger partial charge in [-0.1, -0.05) is 12.1 Å². The second kappa shape index (κ2) is 10.6. The van der Waals surface area contributed by atoms with Crippen molar-refractivity contribution < 1.29 is 9.59 Å². The Balaban J connectivity index is 0.00000261. The number of anilines is 1. The van der Waals surface area contributed by atoms with Crippen LogP contribution in [0.4, 0.5) is 5.69 Å². The van der Waals surface area contributed by atoms with Crippen LogP contribution in [0.3, 0.4) is 0 Å². The molecule has 0 saturated carbocycles. The lowest BCUT2D eigenvalue weighted by atomic mass is 10.1. The molecule has 0 radical (unpaired) electrons. The minimum atomic E-state index is 0. The molecule has 0 aliphatic carbocycles. The first-order chi connectivity index (χ1) is 12.6. The highest BCUT2D eigenvalue weighted by Gasteiger charge is 2.22. The molecule has 2 amide bonds. The highest BCUT2D eigenvalue weighted by atomic mass is 35.5. The van der Waals surface area contributed by atoms with Crippen LogP contribution < -0.4 is 15.6 Å². The molecule has 0 aromatic heterocycles. The summed E-state index contributed by atoms with van der Waals surface area (Å²) >= 11 is 0. The number of carbonyl (C=O) groups excluding carboxylic acids is 2. The van der Waals surface area contributed by atoms with Crippen molar-refractivity contribution in [3.8, 4) is 0 Å². The topological polar surface area (TPSA) is 67.9 Å². The summed E-state index contributed by atoms with van der Waals surface area (Å²) in [5.74, 6) is 0.246. The van der Waals surface area contributed by atoms with Crippen LogP contribution in [-0.4, -0.2) is 74.1 Å². The maximum absolute atomic E-state index is 12.3. The van der Waals surface area contributed by atoms with Gasteiger partial charge in [0.1, 0.15) is 0 Å². The molecule has 1 aromatic carbocycles. The second-order valence-electron chi connectivity index (χ2n) is 6.83. The van der Waals surface area contributed by atoms with Crippen LogP contribution in [0, 0.1) is 0 Å². The summed E-state index contributed by atoms with van der Waals surface area (Å²) < 4.78 is 0. The number of aryl methyl sites for hydroxylation is 1. The highest BCUT2D eigenvalue weighted by Crippen LogP contribution is 2.19. The number of amides is 2. The third kappa shape index (κ3) is 5.90. The summed E-state index contributed by atoms with van der Waals surface area (Å²) in [6, 6.07) is 8.01. The molecule has 2 saturated heterocycles. The largest absolute Gasteiger partial charge is 0.340 e. The fourth-order valence-electron chi connectivity index (χ4n) is 3.52. The molecular formula is C19H30ClN5O2. The number of nitrogens with one attached hydrogen (secondary N) is 2. The normalized spacial score (nSPS) is 17.9. The van der Waals surface area contributed by atoms with Crippen LogP contribution in [0.25, 0.3) is 0 Å². The number of piperazine rings is 2. The van der Waals surface area contributed by atoms with E-state index in [9.17, 15) is 9.59 Å². The molecule has 150 valence electrons. The van der Waals surface area contributed by atoms with Crippen molar-refractivity contribution in [3.05, 3.63) is 29.8 Å². The molecule has 0 bridgehead atoms. The maximum Gasteiger partial charge on any atom is 0.238 e. The second-order valence-corrected chi connectivity index (χ2v) is 6.83. The third-order valence-corrected chi connectivity index (χ3v) is 4.95. The number of nitrogens with zero attached hydrogens (tertiary/aromatic N) is 3. The molecule has 3 rings (SSSR count). The van der Waals surface area contributed by atoms with E-state index >= 15 is 0 Å². The van der Waals surface area contributed by atoms with Crippen LogP contribution >= 0.6 is 12.4 Å². The van der Waals surface area contributed by atoms with E-state index < -0.39 is 0 Å². The molecule has 7 nitrogen and oxygen atoms in total. The standard InChI is InChI=1S/C19H29N5O2.ClH/c1-16(25)24(23-14-10-21-11-15-23)18-5-2-17(3-6-18)4-7-19(26)22-12-8-20-9-13-22;/h2-3,5-6,20-21H,4,7-15H2,1H3;1H. The van der Waals surface area contributed by atoms with Crippen LogP contribution in [0.2, 0.25) is 0 Å². The van der Waals surface area contributed by atoms with Gasteiger partial charge in [0.25, 0.3) is 0 Å². The summed E-state index contributed by atoms with van der Waals surface area (Å²) in [5.41, 5.74) is 2.01. The van der Waals surface area contributed by atoms with Crippen molar-refractivity contribution >= 4 is 29.9 Å². The van der Waals surface area contributed by atoms with Gasteiger partial charge in [0.2, 0.25) is 11.8 Å². The molecule has 27 heavy (non-hydrogen) atoms.